The summed E-state index contributed by atoms with van der Waals surface area (Å²) >= 11 is 0. The predicted octanol–water partition coefficient (Wildman–Crippen LogP) is 1.88. The lowest BCUT2D eigenvalue weighted by Gasteiger charge is -2.29. The van der Waals surface area contributed by atoms with Crippen molar-refractivity contribution in [3.63, 3.8) is 0 Å². The minimum Gasteiger partial charge on any atom is -0.368 e. The molecule has 1 aliphatic rings. The van der Waals surface area contributed by atoms with Gasteiger partial charge in [-0.1, -0.05) is 12.1 Å². The van der Waals surface area contributed by atoms with Gasteiger partial charge >= 0.3 is 0 Å². The SMILES string of the molecule is C[C@H]1CNC[C@H](c2ccc(F)cc2)O1. The van der Waals surface area contributed by atoms with Crippen LogP contribution in [0, 0.1) is 5.82 Å². The van der Waals surface area contributed by atoms with E-state index < -0.39 is 0 Å². The van der Waals surface area contributed by atoms with Crippen LogP contribution in [-0.4, -0.2) is 19.2 Å². The first kappa shape index (κ1) is 9.62. The van der Waals surface area contributed by atoms with Crippen molar-refractivity contribution >= 4 is 0 Å². The molecule has 1 N–H and O–H groups in total. The minimum absolute atomic E-state index is 0.0550. The molecule has 0 saturated carbocycles. The highest BCUT2D eigenvalue weighted by atomic mass is 19.1. The second-order valence-electron chi connectivity index (χ2n) is 3.65. The van der Waals surface area contributed by atoms with Crippen molar-refractivity contribution in [2.45, 2.75) is 19.1 Å². The molecule has 0 spiro atoms. The lowest BCUT2D eigenvalue weighted by Crippen LogP contribution is -2.38. The molecular formula is C11H14FNO. The summed E-state index contributed by atoms with van der Waals surface area (Å²) in [4.78, 5) is 0. The summed E-state index contributed by atoms with van der Waals surface area (Å²) in [6.45, 7) is 3.72. The summed E-state index contributed by atoms with van der Waals surface area (Å²) in [5.41, 5.74) is 1.03. The normalized spacial score (nSPS) is 27.6. The van der Waals surface area contributed by atoms with Gasteiger partial charge in [0.25, 0.3) is 0 Å². The zero-order valence-electron chi connectivity index (χ0n) is 8.16. The third kappa shape index (κ3) is 2.11. The molecule has 76 valence electrons. The Balaban J connectivity index is 2.10. The minimum atomic E-state index is -0.203. The summed E-state index contributed by atoms with van der Waals surface area (Å²) < 4.78 is 18.4. The Kier molecular flexibility index (Phi) is 2.79. The summed E-state index contributed by atoms with van der Waals surface area (Å²) in [6, 6.07) is 6.50. The van der Waals surface area contributed by atoms with Crippen LogP contribution in [0.25, 0.3) is 0 Å². The fourth-order valence-electron chi connectivity index (χ4n) is 1.67. The third-order valence-electron chi connectivity index (χ3n) is 2.40. The standard InChI is InChI=1S/C11H14FNO/c1-8-6-13-7-11(14-8)9-2-4-10(12)5-3-9/h2-5,8,11,13H,6-7H2,1H3/t8-,11+/m0/s1. The van der Waals surface area contributed by atoms with E-state index in [4.69, 9.17) is 4.74 Å². The smallest absolute Gasteiger partial charge is 0.123 e. The van der Waals surface area contributed by atoms with Crippen LogP contribution in [-0.2, 0) is 4.74 Å². The Labute approximate surface area is 83.1 Å². The molecule has 2 nitrogen and oxygen atoms in total. The van der Waals surface area contributed by atoms with Gasteiger partial charge in [0, 0.05) is 13.1 Å². The highest BCUT2D eigenvalue weighted by molar-refractivity contribution is 5.19. The molecule has 2 atom stereocenters. The summed E-state index contributed by atoms with van der Waals surface area (Å²) in [5.74, 6) is -0.203. The van der Waals surface area contributed by atoms with Crippen LogP contribution in [0.15, 0.2) is 24.3 Å². The van der Waals surface area contributed by atoms with Crippen LogP contribution >= 0.6 is 0 Å². The van der Waals surface area contributed by atoms with Gasteiger partial charge in [-0.25, -0.2) is 4.39 Å². The zero-order valence-corrected chi connectivity index (χ0v) is 8.16. The van der Waals surface area contributed by atoms with Crippen LogP contribution < -0.4 is 5.32 Å². The highest BCUT2D eigenvalue weighted by Gasteiger charge is 2.19. The third-order valence-corrected chi connectivity index (χ3v) is 2.40. The Morgan fingerprint density at radius 2 is 2.00 bits per heavy atom. The van der Waals surface area contributed by atoms with Gasteiger partial charge in [0.1, 0.15) is 5.82 Å². The van der Waals surface area contributed by atoms with Crippen molar-refractivity contribution < 1.29 is 9.13 Å². The van der Waals surface area contributed by atoms with E-state index >= 15 is 0 Å². The molecule has 1 fully saturated rings. The number of halogens is 1. The maximum atomic E-state index is 12.7. The summed E-state index contributed by atoms with van der Waals surface area (Å²) in [7, 11) is 0. The fraction of sp³-hybridized carbons (Fsp3) is 0.455. The average Bonchev–Trinajstić information content (AvgIpc) is 2.19. The molecule has 0 radical (unpaired) electrons. The van der Waals surface area contributed by atoms with E-state index in [9.17, 15) is 4.39 Å². The van der Waals surface area contributed by atoms with E-state index in [1.807, 2.05) is 6.92 Å². The van der Waals surface area contributed by atoms with Gasteiger partial charge in [0.15, 0.2) is 0 Å². The lowest BCUT2D eigenvalue weighted by molar-refractivity contribution is -0.0287. The van der Waals surface area contributed by atoms with Crippen molar-refractivity contribution in [2.24, 2.45) is 0 Å². The van der Waals surface area contributed by atoms with E-state index in [0.29, 0.717) is 0 Å². The quantitative estimate of drug-likeness (QED) is 0.738. The van der Waals surface area contributed by atoms with Gasteiger partial charge in [-0.05, 0) is 24.6 Å². The zero-order chi connectivity index (χ0) is 9.97. The first-order valence-corrected chi connectivity index (χ1v) is 4.87. The largest absolute Gasteiger partial charge is 0.368 e. The predicted molar refractivity (Wildman–Crippen MR) is 52.6 cm³/mol. The maximum absolute atomic E-state index is 12.7. The Morgan fingerprint density at radius 3 is 2.64 bits per heavy atom. The van der Waals surface area contributed by atoms with E-state index in [-0.39, 0.29) is 18.0 Å². The van der Waals surface area contributed by atoms with Crippen molar-refractivity contribution in [1.29, 1.82) is 0 Å². The summed E-state index contributed by atoms with van der Waals surface area (Å²) in [5, 5.41) is 3.28. The van der Waals surface area contributed by atoms with E-state index in [1.165, 1.54) is 12.1 Å². The topological polar surface area (TPSA) is 21.3 Å². The molecule has 1 saturated heterocycles. The van der Waals surface area contributed by atoms with Crippen molar-refractivity contribution in [1.82, 2.24) is 5.32 Å². The van der Waals surface area contributed by atoms with E-state index in [2.05, 4.69) is 5.32 Å². The van der Waals surface area contributed by atoms with Gasteiger partial charge in [-0.2, -0.15) is 0 Å². The van der Waals surface area contributed by atoms with Crippen LogP contribution in [0.3, 0.4) is 0 Å². The fourth-order valence-corrected chi connectivity index (χ4v) is 1.67. The Bertz CT molecular complexity index is 299. The average molecular weight is 195 g/mol. The number of morpholine rings is 1. The Hall–Kier alpha value is -0.930. The second-order valence-corrected chi connectivity index (χ2v) is 3.65. The van der Waals surface area contributed by atoms with E-state index in [1.54, 1.807) is 12.1 Å². The van der Waals surface area contributed by atoms with Crippen LogP contribution in [0.1, 0.15) is 18.6 Å². The molecule has 1 aromatic rings. The first-order chi connectivity index (χ1) is 6.75. The molecule has 1 heterocycles. The van der Waals surface area contributed by atoms with Gasteiger partial charge in [0.05, 0.1) is 12.2 Å². The summed E-state index contributed by atoms with van der Waals surface area (Å²) in [6.07, 6.45) is 0.276. The van der Waals surface area contributed by atoms with Crippen LogP contribution in [0.4, 0.5) is 4.39 Å². The Morgan fingerprint density at radius 1 is 1.29 bits per heavy atom. The van der Waals surface area contributed by atoms with Gasteiger partial charge in [0.2, 0.25) is 0 Å². The number of ether oxygens (including phenoxy) is 1. The molecule has 2 rings (SSSR count). The molecular weight excluding hydrogens is 181 g/mol. The molecule has 0 amide bonds. The number of hydrogen-bond acceptors (Lipinski definition) is 2. The maximum Gasteiger partial charge on any atom is 0.123 e. The van der Waals surface area contributed by atoms with Gasteiger partial charge in [-0.3, -0.25) is 0 Å². The number of hydrogen-bond donors (Lipinski definition) is 1. The highest BCUT2D eigenvalue weighted by Crippen LogP contribution is 2.21. The van der Waals surface area contributed by atoms with Crippen molar-refractivity contribution in [2.75, 3.05) is 13.1 Å². The molecule has 0 unspecified atom stereocenters. The molecule has 0 bridgehead atoms. The van der Waals surface area contributed by atoms with Crippen molar-refractivity contribution in [3.8, 4) is 0 Å². The lowest BCUT2D eigenvalue weighted by atomic mass is 10.1. The molecule has 1 aliphatic heterocycles. The number of nitrogens with one attached hydrogen (secondary N) is 1. The molecule has 0 aromatic heterocycles. The molecule has 0 aliphatic carbocycles. The van der Waals surface area contributed by atoms with Gasteiger partial charge < -0.3 is 10.1 Å². The molecule has 1 aromatic carbocycles. The number of benzene rings is 1. The van der Waals surface area contributed by atoms with Crippen molar-refractivity contribution in [3.05, 3.63) is 35.6 Å². The second kappa shape index (κ2) is 4.07. The number of rotatable bonds is 1. The van der Waals surface area contributed by atoms with Crippen LogP contribution in [0.2, 0.25) is 0 Å². The molecule has 3 heteroatoms. The van der Waals surface area contributed by atoms with Gasteiger partial charge in [-0.15, -0.1) is 0 Å². The first-order valence-electron chi connectivity index (χ1n) is 4.87. The molecule has 14 heavy (non-hydrogen) atoms. The van der Waals surface area contributed by atoms with Crippen LogP contribution in [0.5, 0.6) is 0 Å². The van der Waals surface area contributed by atoms with E-state index in [0.717, 1.165) is 18.7 Å². The monoisotopic (exact) mass is 195 g/mol.